The Bertz CT molecular complexity index is 1200. The average molecular weight is 535 g/mol. The van der Waals surface area contributed by atoms with Gasteiger partial charge in [-0.25, -0.2) is 9.59 Å². The molecule has 0 aromatic heterocycles. The second kappa shape index (κ2) is 16.4. The van der Waals surface area contributed by atoms with Crippen molar-refractivity contribution in [3.8, 4) is 11.5 Å². The van der Waals surface area contributed by atoms with Crippen LogP contribution in [-0.2, 0) is 6.42 Å². The SMILES string of the molecule is CCCCCCCCCCCCOc1c(OCCCc2ccc3ccccc3c2)ccc(C(=O)O)c1C(=O)O. The van der Waals surface area contributed by atoms with E-state index in [-0.39, 0.29) is 22.6 Å². The molecule has 0 saturated heterocycles. The summed E-state index contributed by atoms with van der Waals surface area (Å²) in [5, 5.41) is 21.7. The van der Waals surface area contributed by atoms with E-state index in [9.17, 15) is 19.8 Å². The number of rotatable bonds is 19. The molecule has 0 saturated carbocycles. The number of ether oxygens (including phenoxy) is 2. The fraction of sp³-hybridized carbons (Fsp3) is 0.455. The molecule has 210 valence electrons. The van der Waals surface area contributed by atoms with Gasteiger partial charge >= 0.3 is 11.9 Å². The Balaban J connectivity index is 1.53. The molecule has 0 aliphatic rings. The van der Waals surface area contributed by atoms with E-state index in [0.717, 1.165) is 32.1 Å². The lowest BCUT2D eigenvalue weighted by molar-refractivity contribution is 0.0646. The molecule has 0 aliphatic carbocycles. The van der Waals surface area contributed by atoms with Gasteiger partial charge in [-0.15, -0.1) is 0 Å². The normalized spacial score (nSPS) is 11.0. The summed E-state index contributed by atoms with van der Waals surface area (Å²) in [6.07, 6.45) is 13.3. The highest BCUT2D eigenvalue weighted by Gasteiger charge is 2.25. The Morgan fingerprint density at radius 2 is 1.31 bits per heavy atom. The molecule has 0 spiro atoms. The lowest BCUT2D eigenvalue weighted by Crippen LogP contribution is -2.13. The summed E-state index contributed by atoms with van der Waals surface area (Å²) in [6, 6.07) is 17.4. The van der Waals surface area contributed by atoms with Crippen LogP contribution in [-0.4, -0.2) is 35.4 Å². The number of hydrogen-bond acceptors (Lipinski definition) is 4. The van der Waals surface area contributed by atoms with Crippen molar-refractivity contribution < 1.29 is 29.3 Å². The predicted molar refractivity (Wildman–Crippen MR) is 155 cm³/mol. The molecular formula is C33H42O6. The largest absolute Gasteiger partial charge is 0.490 e. The molecule has 6 nitrogen and oxygen atoms in total. The van der Waals surface area contributed by atoms with Gasteiger partial charge in [-0.2, -0.15) is 0 Å². The number of carboxylic acid groups (broad SMARTS) is 2. The summed E-state index contributed by atoms with van der Waals surface area (Å²) in [5.74, 6) is -2.38. The highest BCUT2D eigenvalue weighted by Crippen LogP contribution is 2.35. The maximum atomic E-state index is 12.0. The van der Waals surface area contributed by atoms with Gasteiger partial charge in [-0.05, 0) is 47.7 Å². The van der Waals surface area contributed by atoms with Gasteiger partial charge in [0.1, 0.15) is 5.56 Å². The van der Waals surface area contributed by atoms with Crippen LogP contribution in [0.25, 0.3) is 10.8 Å². The number of hydrogen-bond donors (Lipinski definition) is 2. The minimum Gasteiger partial charge on any atom is -0.490 e. The first kappa shape index (κ1) is 30.0. The van der Waals surface area contributed by atoms with Crippen LogP contribution in [0.1, 0.15) is 104 Å². The van der Waals surface area contributed by atoms with Crippen molar-refractivity contribution in [1.82, 2.24) is 0 Å². The molecule has 3 aromatic carbocycles. The van der Waals surface area contributed by atoms with E-state index in [1.807, 2.05) is 12.1 Å². The molecule has 0 unspecified atom stereocenters. The first-order valence-corrected chi connectivity index (χ1v) is 14.4. The van der Waals surface area contributed by atoms with E-state index in [2.05, 4.69) is 37.3 Å². The summed E-state index contributed by atoms with van der Waals surface area (Å²) < 4.78 is 11.8. The third-order valence-corrected chi connectivity index (χ3v) is 6.99. The third kappa shape index (κ3) is 9.61. The molecule has 3 aromatic rings. The van der Waals surface area contributed by atoms with Crippen molar-refractivity contribution in [2.45, 2.75) is 84.0 Å². The number of aryl methyl sites for hydroxylation is 1. The molecule has 6 heteroatoms. The van der Waals surface area contributed by atoms with Crippen molar-refractivity contribution in [3.05, 3.63) is 71.3 Å². The van der Waals surface area contributed by atoms with Crippen LogP contribution >= 0.6 is 0 Å². The van der Waals surface area contributed by atoms with Crippen LogP contribution in [0.2, 0.25) is 0 Å². The summed E-state index contributed by atoms with van der Waals surface area (Å²) in [6.45, 7) is 2.89. The molecule has 0 amide bonds. The lowest BCUT2D eigenvalue weighted by atomic mass is 10.0. The van der Waals surface area contributed by atoms with Gasteiger partial charge in [0.15, 0.2) is 11.5 Å². The molecule has 0 fully saturated rings. The van der Waals surface area contributed by atoms with Crippen molar-refractivity contribution >= 4 is 22.7 Å². The Labute approximate surface area is 232 Å². The molecule has 0 heterocycles. The molecule has 0 radical (unpaired) electrons. The average Bonchev–Trinajstić information content (AvgIpc) is 2.93. The highest BCUT2D eigenvalue weighted by atomic mass is 16.5. The quantitative estimate of drug-likeness (QED) is 0.150. The number of carboxylic acids is 2. The second-order valence-electron chi connectivity index (χ2n) is 10.1. The number of carbonyl (C=O) groups is 2. The van der Waals surface area contributed by atoms with Crippen LogP contribution in [0.5, 0.6) is 11.5 Å². The fourth-order valence-electron chi connectivity index (χ4n) is 4.83. The summed E-state index contributed by atoms with van der Waals surface area (Å²) >= 11 is 0. The Kier molecular flexibility index (Phi) is 12.6. The van der Waals surface area contributed by atoms with Crippen LogP contribution in [0, 0.1) is 0 Å². The Morgan fingerprint density at radius 1 is 0.667 bits per heavy atom. The summed E-state index contributed by atoms with van der Waals surface area (Å²) in [5.41, 5.74) is 0.535. The van der Waals surface area contributed by atoms with Gasteiger partial charge in [0, 0.05) is 0 Å². The second-order valence-corrected chi connectivity index (χ2v) is 10.1. The van der Waals surface area contributed by atoms with Crippen LogP contribution in [0.4, 0.5) is 0 Å². The maximum Gasteiger partial charge on any atom is 0.340 e. The molecule has 2 N–H and O–H groups in total. The summed E-state index contributed by atoms with van der Waals surface area (Å²) in [7, 11) is 0. The zero-order chi connectivity index (χ0) is 27.9. The summed E-state index contributed by atoms with van der Waals surface area (Å²) in [4.78, 5) is 23.7. The topological polar surface area (TPSA) is 93.1 Å². The van der Waals surface area contributed by atoms with E-state index in [1.54, 1.807) is 0 Å². The Hall–Kier alpha value is -3.54. The number of benzene rings is 3. The van der Waals surface area contributed by atoms with Crippen molar-refractivity contribution in [2.75, 3.05) is 13.2 Å². The number of fused-ring (bicyclic) bond motifs is 1. The van der Waals surface area contributed by atoms with Crippen LogP contribution in [0.3, 0.4) is 0 Å². The van der Waals surface area contributed by atoms with Crippen molar-refractivity contribution in [3.63, 3.8) is 0 Å². The van der Waals surface area contributed by atoms with E-state index in [4.69, 9.17) is 9.47 Å². The monoisotopic (exact) mass is 534 g/mol. The predicted octanol–water partition coefficient (Wildman–Crippen LogP) is 8.55. The van der Waals surface area contributed by atoms with Crippen LogP contribution < -0.4 is 9.47 Å². The fourth-order valence-corrected chi connectivity index (χ4v) is 4.83. The minimum absolute atomic E-state index is 0.00373. The van der Waals surface area contributed by atoms with Gasteiger partial charge in [0.25, 0.3) is 0 Å². The number of aromatic carboxylic acids is 2. The molecule has 3 rings (SSSR count). The first-order chi connectivity index (χ1) is 19.0. The molecular weight excluding hydrogens is 492 g/mol. The van der Waals surface area contributed by atoms with Crippen molar-refractivity contribution in [2.24, 2.45) is 0 Å². The zero-order valence-electron chi connectivity index (χ0n) is 23.1. The van der Waals surface area contributed by atoms with E-state index in [0.29, 0.717) is 13.2 Å². The van der Waals surface area contributed by atoms with Gasteiger partial charge < -0.3 is 19.7 Å². The van der Waals surface area contributed by atoms with Gasteiger partial charge in [0.05, 0.1) is 18.8 Å². The highest BCUT2D eigenvalue weighted by molar-refractivity contribution is 6.04. The standard InChI is InChI=1S/C33H42O6/c1-2-3-4-5-6-7-8-9-10-13-22-39-31-29(21-20-28(32(34)35)30(31)33(36)37)38-23-14-15-25-18-19-26-16-11-12-17-27(26)24-25/h11-12,16-21,24H,2-10,13-15,22-23H2,1H3,(H,34,35)(H,36,37). The van der Waals surface area contributed by atoms with Crippen molar-refractivity contribution in [1.29, 1.82) is 0 Å². The molecule has 0 aliphatic heterocycles. The van der Waals surface area contributed by atoms with E-state index < -0.39 is 11.9 Å². The molecule has 39 heavy (non-hydrogen) atoms. The van der Waals surface area contributed by atoms with Crippen LogP contribution in [0.15, 0.2) is 54.6 Å². The molecule has 0 bridgehead atoms. The smallest absolute Gasteiger partial charge is 0.340 e. The first-order valence-electron chi connectivity index (χ1n) is 14.4. The van der Waals surface area contributed by atoms with Gasteiger partial charge in [-0.1, -0.05) is 107 Å². The van der Waals surface area contributed by atoms with Gasteiger partial charge in [-0.3, -0.25) is 0 Å². The minimum atomic E-state index is -1.34. The lowest BCUT2D eigenvalue weighted by Gasteiger charge is -2.16. The molecule has 0 atom stereocenters. The number of unbranched alkanes of at least 4 members (excludes halogenated alkanes) is 9. The van der Waals surface area contributed by atoms with Gasteiger partial charge in [0.2, 0.25) is 0 Å². The Morgan fingerprint density at radius 3 is 1.97 bits per heavy atom. The zero-order valence-corrected chi connectivity index (χ0v) is 23.1. The third-order valence-electron chi connectivity index (χ3n) is 6.99. The maximum absolute atomic E-state index is 12.0. The van der Waals surface area contributed by atoms with E-state index >= 15 is 0 Å². The van der Waals surface area contributed by atoms with E-state index in [1.165, 1.54) is 73.4 Å².